The van der Waals surface area contributed by atoms with Crippen LogP contribution >= 0.6 is 11.8 Å². The maximum Gasteiger partial charge on any atom is 0.215 e. The molecule has 0 spiro atoms. The third-order valence-electron chi connectivity index (χ3n) is 2.70. The summed E-state index contributed by atoms with van der Waals surface area (Å²) in [6.45, 7) is 0. The summed E-state index contributed by atoms with van der Waals surface area (Å²) >= 11 is 4.20. The van der Waals surface area contributed by atoms with Gasteiger partial charge in [0, 0.05) is 0 Å². The molecule has 2 heteroatoms. The number of thioether (sulfide) groups is 2. The van der Waals surface area contributed by atoms with Crippen LogP contribution in [0.4, 0.5) is 0 Å². The first kappa shape index (κ1) is 8.93. The molecule has 14 heavy (non-hydrogen) atoms. The van der Waals surface area contributed by atoms with E-state index in [9.17, 15) is 0 Å². The highest BCUT2D eigenvalue weighted by Gasteiger charge is 2.45. The Morgan fingerprint density at radius 1 is 0.714 bits per heavy atom. The average Bonchev–Trinajstić information content (AvgIpc) is 2.26. The highest BCUT2D eigenvalue weighted by Crippen LogP contribution is 2.38. The average molecular weight is 220 g/mol. The van der Waals surface area contributed by atoms with Gasteiger partial charge in [-0.1, -0.05) is 36.5 Å². The standard InChI is InChI=1S/C12H12S2/c1-2-6-10-9(5-1)13-11-7-3-4-8-12(11)14-10/h1-12H/q+1. The fourth-order valence-electron chi connectivity index (χ4n) is 1.99. The summed E-state index contributed by atoms with van der Waals surface area (Å²) in [5.74, 6) is 0. The van der Waals surface area contributed by atoms with E-state index in [2.05, 4.69) is 72.1 Å². The molecule has 0 saturated carbocycles. The third kappa shape index (κ3) is 1.51. The van der Waals surface area contributed by atoms with E-state index in [4.69, 9.17) is 0 Å². The molecule has 0 nitrogen and oxygen atoms in total. The van der Waals surface area contributed by atoms with Crippen molar-refractivity contribution < 1.29 is 0 Å². The number of rotatable bonds is 0. The highest BCUT2D eigenvalue weighted by molar-refractivity contribution is 8.03. The second-order valence-corrected chi connectivity index (χ2v) is 6.39. The van der Waals surface area contributed by atoms with Crippen LogP contribution in [0.3, 0.4) is 0 Å². The van der Waals surface area contributed by atoms with Crippen molar-refractivity contribution in [2.75, 3.05) is 0 Å². The summed E-state index contributed by atoms with van der Waals surface area (Å²) in [7, 11) is 0. The first-order chi connectivity index (χ1) is 6.93. The maximum atomic E-state index is 2.34. The van der Waals surface area contributed by atoms with Gasteiger partial charge in [0.05, 0.1) is 10.5 Å². The second kappa shape index (κ2) is 3.67. The predicted octanol–water partition coefficient (Wildman–Crippen LogP) is 2.54. The SMILES string of the molecule is C1=CC2SC3C=CC=CC3[S+]C2C=C1. The minimum absolute atomic E-state index is 0.683. The number of allylic oxidation sites excluding steroid dienone is 4. The molecule has 1 saturated heterocycles. The number of hydrogen-bond acceptors (Lipinski definition) is 2. The van der Waals surface area contributed by atoms with Crippen LogP contribution in [0.1, 0.15) is 0 Å². The largest absolute Gasteiger partial charge is 0.215 e. The van der Waals surface area contributed by atoms with Crippen LogP contribution in [0, 0.1) is 0 Å². The lowest BCUT2D eigenvalue weighted by Crippen LogP contribution is -2.40. The zero-order chi connectivity index (χ0) is 9.38. The molecular weight excluding hydrogens is 208 g/mol. The van der Waals surface area contributed by atoms with Crippen LogP contribution in [0.5, 0.6) is 0 Å². The molecule has 4 atom stereocenters. The van der Waals surface area contributed by atoms with Crippen LogP contribution in [0.25, 0.3) is 0 Å². The van der Waals surface area contributed by atoms with E-state index >= 15 is 0 Å². The van der Waals surface area contributed by atoms with Crippen molar-refractivity contribution in [1.82, 2.24) is 0 Å². The van der Waals surface area contributed by atoms with Gasteiger partial charge in [-0.2, -0.15) is 0 Å². The van der Waals surface area contributed by atoms with E-state index in [1.165, 1.54) is 0 Å². The molecule has 0 aromatic heterocycles. The maximum absolute atomic E-state index is 2.34. The van der Waals surface area contributed by atoms with Gasteiger partial charge in [0.2, 0.25) is 22.3 Å². The van der Waals surface area contributed by atoms with Gasteiger partial charge >= 0.3 is 0 Å². The highest BCUT2D eigenvalue weighted by atomic mass is 32.2. The molecule has 0 aromatic rings. The van der Waals surface area contributed by atoms with Crippen LogP contribution in [0.15, 0.2) is 48.6 Å². The molecule has 4 unspecified atom stereocenters. The van der Waals surface area contributed by atoms with Gasteiger partial charge in [0.1, 0.15) is 0 Å². The van der Waals surface area contributed by atoms with Crippen molar-refractivity contribution >= 4 is 23.5 Å². The topological polar surface area (TPSA) is 0 Å². The van der Waals surface area contributed by atoms with Gasteiger partial charge in [-0.05, 0) is 12.2 Å². The first-order valence-corrected chi connectivity index (χ1v) is 6.83. The predicted molar refractivity (Wildman–Crippen MR) is 66.7 cm³/mol. The summed E-state index contributed by atoms with van der Waals surface area (Å²) in [6.07, 6.45) is 18.1. The summed E-state index contributed by atoms with van der Waals surface area (Å²) < 4.78 is 0. The molecule has 3 rings (SSSR count). The molecule has 1 radical (unpaired) electrons. The molecule has 0 N–H and O–H groups in total. The minimum Gasteiger partial charge on any atom is -0.135 e. The molecule has 0 amide bonds. The normalized spacial score (nSPS) is 43.4. The van der Waals surface area contributed by atoms with Gasteiger partial charge in [-0.25, -0.2) is 0 Å². The lowest BCUT2D eigenvalue weighted by Gasteiger charge is -2.28. The Bertz CT molecular complexity index is 272. The summed E-state index contributed by atoms with van der Waals surface area (Å²) in [4.78, 5) is 0. The van der Waals surface area contributed by atoms with Gasteiger partial charge < -0.3 is 0 Å². The first-order valence-electron chi connectivity index (χ1n) is 4.94. The minimum atomic E-state index is 0.683. The molecule has 0 bridgehead atoms. The summed E-state index contributed by atoms with van der Waals surface area (Å²) in [6, 6.07) is 0. The Balaban J connectivity index is 1.83. The van der Waals surface area contributed by atoms with E-state index in [1.54, 1.807) is 0 Å². The summed E-state index contributed by atoms with van der Waals surface area (Å²) in [5.41, 5.74) is 0. The van der Waals surface area contributed by atoms with Gasteiger partial charge in [0.15, 0.2) is 0 Å². The molecule has 2 aliphatic carbocycles. The van der Waals surface area contributed by atoms with Crippen LogP contribution in [-0.4, -0.2) is 21.0 Å². The van der Waals surface area contributed by atoms with Crippen molar-refractivity contribution in [3.8, 4) is 0 Å². The number of fused-ring (bicyclic) bond motifs is 2. The monoisotopic (exact) mass is 220 g/mol. The smallest absolute Gasteiger partial charge is 0.135 e. The quantitative estimate of drug-likeness (QED) is 0.575. The van der Waals surface area contributed by atoms with E-state index in [0.717, 1.165) is 0 Å². The van der Waals surface area contributed by atoms with Crippen molar-refractivity contribution in [2.45, 2.75) is 21.0 Å². The molecular formula is C12H12S2+. The lowest BCUT2D eigenvalue weighted by atomic mass is 10.1. The van der Waals surface area contributed by atoms with E-state index < -0.39 is 0 Å². The van der Waals surface area contributed by atoms with Crippen molar-refractivity contribution in [1.29, 1.82) is 0 Å². The molecule has 71 valence electrons. The van der Waals surface area contributed by atoms with Gasteiger partial charge in [-0.15, -0.1) is 11.8 Å². The molecule has 1 fully saturated rings. The third-order valence-corrected chi connectivity index (χ3v) is 6.10. The fraction of sp³-hybridized carbons (Fsp3) is 0.333. The Morgan fingerprint density at radius 2 is 1.21 bits per heavy atom. The molecule has 1 heterocycles. The summed E-state index contributed by atoms with van der Waals surface area (Å²) in [5, 5.41) is 2.73. The van der Waals surface area contributed by atoms with Crippen LogP contribution in [-0.2, 0) is 11.8 Å². The molecule has 0 aromatic carbocycles. The Labute approximate surface area is 93.2 Å². The van der Waals surface area contributed by atoms with E-state index in [-0.39, 0.29) is 0 Å². The van der Waals surface area contributed by atoms with Gasteiger partial charge in [-0.3, -0.25) is 0 Å². The van der Waals surface area contributed by atoms with Crippen molar-refractivity contribution in [2.24, 2.45) is 0 Å². The van der Waals surface area contributed by atoms with E-state index in [0.29, 0.717) is 21.0 Å². The van der Waals surface area contributed by atoms with Crippen molar-refractivity contribution in [3.05, 3.63) is 48.6 Å². The Morgan fingerprint density at radius 3 is 1.79 bits per heavy atom. The zero-order valence-electron chi connectivity index (χ0n) is 7.74. The van der Waals surface area contributed by atoms with Crippen LogP contribution in [0.2, 0.25) is 0 Å². The Kier molecular flexibility index (Phi) is 2.34. The lowest BCUT2D eigenvalue weighted by molar-refractivity contribution is 0.973. The zero-order valence-corrected chi connectivity index (χ0v) is 9.38. The Hall–Kier alpha value is -0.340. The van der Waals surface area contributed by atoms with Gasteiger partial charge in [0.25, 0.3) is 0 Å². The molecule has 1 aliphatic heterocycles. The molecule has 3 aliphatic rings. The van der Waals surface area contributed by atoms with E-state index in [1.807, 2.05) is 0 Å². The van der Waals surface area contributed by atoms with Crippen molar-refractivity contribution in [3.63, 3.8) is 0 Å². The van der Waals surface area contributed by atoms with Crippen LogP contribution < -0.4 is 0 Å². The second-order valence-electron chi connectivity index (χ2n) is 3.67. The fourth-order valence-corrected chi connectivity index (χ4v) is 5.19. The number of hydrogen-bond donors (Lipinski definition) is 0.